The van der Waals surface area contributed by atoms with Crippen molar-refractivity contribution in [1.29, 1.82) is 5.26 Å². The summed E-state index contributed by atoms with van der Waals surface area (Å²) in [6.45, 7) is 12.1. The van der Waals surface area contributed by atoms with Gasteiger partial charge in [0.1, 0.15) is 11.6 Å². The molecule has 1 aliphatic carbocycles. The van der Waals surface area contributed by atoms with Gasteiger partial charge in [-0.05, 0) is 38.0 Å². The number of rotatable bonds is 6. The molecule has 2 unspecified atom stereocenters. The molecule has 10 nitrogen and oxygen atoms in total. The second kappa shape index (κ2) is 12.7. The van der Waals surface area contributed by atoms with E-state index < -0.39 is 11.6 Å². The molecule has 3 N–H and O–H groups in total. The third-order valence-electron chi connectivity index (χ3n) is 7.23. The smallest absolute Gasteiger partial charge is 0.321 e. The Bertz CT molecular complexity index is 822. The Balaban J connectivity index is 1.80. The van der Waals surface area contributed by atoms with Crippen LogP contribution in [0.5, 0.6) is 0 Å². The molecule has 0 aromatic heterocycles. The van der Waals surface area contributed by atoms with Gasteiger partial charge in [-0.25, -0.2) is 9.79 Å². The van der Waals surface area contributed by atoms with E-state index in [4.69, 9.17) is 9.73 Å². The first kappa shape index (κ1) is 28.2. The number of hydrogen-bond acceptors (Lipinski definition) is 6. The first-order chi connectivity index (χ1) is 17.1. The van der Waals surface area contributed by atoms with Crippen LogP contribution in [0.15, 0.2) is 4.99 Å². The molecule has 2 saturated heterocycles. The van der Waals surface area contributed by atoms with E-state index in [-0.39, 0.29) is 17.4 Å². The van der Waals surface area contributed by atoms with Crippen LogP contribution in [0.2, 0.25) is 0 Å². The Kier molecular flexibility index (Phi) is 9.97. The van der Waals surface area contributed by atoms with Gasteiger partial charge < -0.3 is 20.3 Å². The molecule has 3 rings (SSSR count). The topological polar surface area (TPSA) is 122 Å². The van der Waals surface area contributed by atoms with Crippen molar-refractivity contribution in [2.45, 2.75) is 90.3 Å². The molecule has 1 saturated carbocycles. The minimum Gasteiger partial charge on any atom is -0.378 e. The quantitative estimate of drug-likeness (QED) is 0.377. The van der Waals surface area contributed by atoms with Gasteiger partial charge in [-0.15, -0.1) is 0 Å². The molecule has 2 heterocycles. The van der Waals surface area contributed by atoms with E-state index in [0.29, 0.717) is 64.2 Å². The van der Waals surface area contributed by atoms with E-state index >= 15 is 0 Å². The maximum atomic E-state index is 13.7. The summed E-state index contributed by atoms with van der Waals surface area (Å²) in [4.78, 5) is 35.2. The first-order valence-electron chi connectivity index (χ1n) is 13.6. The van der Waals surface area contributed by atoms with E-state index in [1.165, 1.54) is 32.1 Å². The SMILES string of the molecule is CCNC(=O)NC(=NC(CC(C)(C)C)C(=O)NC1(C#N)CCN(C2CCCCC2)C1)N1CCOCC1. The zero-order chi connectivity index (χ0) is 26.2. The molecule has 2 aliphatic heterocycles. The molecule has 0 aromatic carbocycles. The fourth-order valence-electron chi connectivity index (χ4n) is 5.34. The van der Waals surface area contributed by atoms with Crippen LogP contribution in [0.25, 0.3) is 0 Å². The summed E-state index contributed by atoms with van der Waals surface area (Å²) in [6.07, 6.45) is 7.19. The maximum absolute atomic E-state index is 13.7. The third kappa shape index (κ3) is 8.07. The van der Waals surface area contributed by atoms with Crippen molar-refractivity contribution in [2.75, 3.05) is 45.9 Å². The molecule has 0 radical (unpaired) electrons. The van der Waals surface area contributed by atoms with Crippen molar-refractivity contribution in [2.24, 2.45) is 10.4 Å². The molecule has 10 heteroatoms. The number of amides is 3. The molecule has 3 aliphatic rings. The summed E-state index contributed by atoms with van der Waals surface area (Å²) in [5, 5.41) is 18.8. The highest BCUT2D eigenvalue weighted by Crippen LogP contribution is 2.30. The lowest BCUT2D eigenvalue weighted by molar-refractivity contribution is -0.124. The van der Waals surface area contributed by atoms with Crippen LogP contribution in [0.1, 0.15) is 72.6 Å². The van der Waals surface area contributed by atoms with Crippen molar-refractivity contribution < 1.29 is 14.3 Å². The van der Waals surface area contributed by atoms with Gasteiger partial charge in [0.2, 0.25) is 11.9 Å². The zero-order valence-electron chi connectivity index (χ0n) is 22.6. The lowest BCUT2D eigenvalue weighted by Gasteiger charge is -2.33. The van der Waals surface area contributed by atoms with Gasteiger partial charge in [-0.3, -0.25) is 15.0 Å². The largest absolute Gasteiger partial charge is 0.378 e. The number of urea groups is 1. The van der Waals surface area contributed by atoms with Crippen molar-refractivity contribution in [3.05, 3.63) is 0 Å². The number of hydrogen-bond donors (Lipinski definition) is 3. The average Bonchev–Trinajstić information content (AvgIpc) is 3.28. The number of morpholine rings is 1. The summed E-state index contributed by atoms with van der Waals surface area (Å²) >= 11 is 0. The van der Waals surface area contributed by atoms with Crippen LogP contribution in [0, 0.1) is 16.7 Å². The number of likely N-dealkylation sites (tertiary alicyclic amines) is 1. The van der Waals surface area contributed by atoms with Crippen molar-refractivity contribution in [1.82, 2.24) is 25.8 Å². The molecule has 0 aromatic rings. The van der Waals surface area contributed by atoms with Gasteiger partial charge in [-0.1, -0.05) is 40.0 Å². The Morgan fingerprint density at radius 3 is 2.47 bits per heavy atom. The molecule has 0 spiro atoms. The molecule has 36 heavy (non-hydrogen) atoms. The predicted molar refractivity (Wildman–Crippen MR) is 139 cm³/mol. The fraction of sp³-hybridized carbons (Fsp3) is 0.846. The highest BCUT2D eigenvalue weighted by atomic mass is 16.5. The Hall–Kier alpha value is -2.38. The van der Waals surface area contributed by atoms with E-state index in [1.807, 2.05) is 11.8 Å². The molecular weight excluding hydrogens is 458 g/mol. The van der Waals surface area contributed by atoms with Gasteiger partial charge in [0.15, 0.2) is 0 Å². The monoisotopic (exact) mass is 503 g/mol. The molecule has 2 atom stereocenters. The van der Waals surface area contributed by atoms with Crippen LogP contribution in [0.4, 0.5) is 4.79 Å². The molecule has 3 fully saturated rings. The van der Waals surface area contributed by atoms with E-state index in [2.05, 4.69) is 47.7 Å². The van der Waals surface area contributed by atoms with Crippen molar-refractivity contribution in [3.8, 4) is 6.07 Å². The number of guanidine groups is 1. The van der Waals surface area contributed by atoms with E-state index in [0.717, 1.165) is 6.54 Å². The highest BCUT2D eigenvalue weighted by molar-refractivity contribution is 5.97. The molecule has 3 amide bonds. The van der Waals surface area contributed by atoms with Gasteiger partial charge in [0.05, 0.1) is 19.3 Å². The zero-order valence-corrected chi connectivity index (χ0v) is 22.6. The Morgan fingerprint density at radius 1 is 1.17 bits per heavy atom. The summed E-state index contributed by atoms with van der Waals surface area (Å²) < 4.78 is 5.47. The van der Waals surface area contributed by atoms with Crippen LogP contribution in [-0.2, 0) is 9.53 Å². The minimum absolute atomic E-state index is 0.184. The number of carbonyl (C=O) groups is 2. The number of carbonyl (C=O) groups excluding carboxylic acids is 2. The normalized spacial score (nSPS) is 25.2. The molecular formula is C26H45N7O3. The van der Waals surface area contributed by atoms with Crippen LogP contribution < -0.4 is 16.0 Å². The highest BCUT2D eigenvalue weighted by Gasteiger charge is 2.43. The van der Waals surface area contributed by atoms with Crippen LogP contribution in [0.3, 0.4) is 0 Å². The molecule has 0 bridgehead atoms. The van der Waals surface area contributed by atoms with Crippen LogP contribution >= 0.6 is 0 Å². The fourth-order valence-corrected chi connectivity index (χ4v) is 5.34. The number of nitrogens with zero attached hydrogens (tertiary/aromatic N) is 4. The molecule has 202 valence electrons. The van der Waals surface area contributed by atoms with Crippen molar-refractivity contribution in [3.63, 3.8) is 0 Å². The Morgan fingerprint density at radius 2 is 1.86 bits per heavy atom. The lowest BCUT2D eigenvalue weighted by atomic mass is 9.87. The third-order valence-corrected chi connectivity index (χ3v) is 7.23. The second-order valence-corrected chi connectivity index (χ2v) is 11.5. The number of nitriles is 1. The number of aliphatic imine (C=N–C) groups is 1. The predicted octanol–water partition coefficient (Wildman–Crippen LogP) is 2.22. The minimum atomic E-state index is -0.910. The summed E-state index contributed by atoms with van der Waals surface area (Å²) in [5.41, 5.74) is -1.09. The van der Waals surface area contributed by atoms with Gasteiger partial charge in [0, 0.05) is 38.8 Å². The Labute approximate surface area is 216 Å². The summed E-state index contributed by atoms with van der Waals surface area (Å²) in [6, 6.07) is 1.84. The summed E-state index contributed by atoms with van der Waals surface area (Å²) in [5.74, 6) is 0.107. The second-order valence-electron chi connectivity index (χ2n) is 11.5. The average molecular weight is 504 g/mol. The van der Waals surface area contributed by atoms with Gasteiger partial charge in [-0.2, -0.15) is 5.26 Å². The number of ether oxygens (including phenoxy) is 1. The first-order valence-corrected chi connectivity index (χ1v) is 13.6. The van der Waals surface area contributed by atoms with E-state index in [9.17, 15) is 14.9 Å². The summed E-state index contributed by atoms with van der Waals surface area (Å²) in [7, 11) is 0. The lowest BCUT2D eigenvalue weighted by Crippen LogP contribution is -2.55. The van der Waals surface area contributed by atoms with E-state index in [1.54, 1.807) is 0 Å². The van der Waals surface area contributed by atoms with Gasteiger partial charge in [0.25, 0.3) is 0 Å². The standard InChI is InChI=1S/C26H45N7O3/c1-5-28-24(35)30-23(32-13-15-36-16-14-32)29-21(17-25(2,3)4)22(34)31-26(18-27)11-12-33(19-26)20-9-7-6-8-10-20/h20-21H,5-17,19H2,1-4H3,(H,31,34)(H2,28,29,30,35). The maximum Gasteiger partial charge on any atom is 0.321 e. The number of nitrogens with one attached hydrogen (secondary N) is 3. The van der Waals surface area contributed by atoms with Crippen molar-refractivity contribution >= 4 is 17.9 Å². The van der Waals surface area contributed by atoms with Gasteiger partial charge >= 0.3 is 6.03 Å². The van der Waals surface area contributed by atoms with Crippen LogP contribution in [-0.4, -0.2) is 91.3 Å².